The summed E-state index contributed by atoms with van der Waals surface area (Å²) >= 11 is 0. The normalized spacial score (nSPS) is 15.2. The van der Waals surface area contributed by atoms with Crippen molar-refractivity contribution in [1.29, 1.82) is 0 Å². The molecule has 156 valence electrons. The highest BCUT2D eigenvalue weighted by atomic mass is 19.4. The molecule has 1 aliphatic rings. The van der Waals surface area contributed by atoms with Crippen LogP contribution >= 0.6 is 0 Å². The van der Waals surface area contributed by atoms with Crippen molar-refractivity contribution in [2.75, 3.05) is 25.1 Å². The van der Waals surface area contributed by atoms with E-state index < -0.39 is 40.9 Å². The minimum Gasteiger partial charge on any atom is -0.381 e. The Kier molecular flexibility index (Phi) is 6.26. The van der Waals surface area contributed by atoms with E-state index in [2.05, 4.69) is 20.6 Å². The third-order valence-electron chi connectivity index (χ3n) is 4.37. The van der Waals surface area contributed by atoms with Gasteiger partial charge in [0.1, 0.15) is 11.6 Å². The molecule has 1 fully saturated rings. The van der Waals surface area contributed by atoms with Gasteiger partial charge in [0.05, 0.1) is 11.3 Å². The highest BCUT2D eigenvalue weighted by Gasteiger charge is 2.38. The lowest BCUT2D eigenvalue weighted by atomic mass is 10.0. The van der Waals surface area contributed by atoms with E-state index in [1.165, 1.54) is 0 Å². The Labute approximate surface area is 162 Å². The molecule has 0 aliphatic carbocycles. The lowest BCUT2D eigenvalue weighted by Crippen LogP contribution is -2.33. The first-order chi connectivity index (χ1) is 13.7. The topological polar surface area (TPSA) is 76.1 Å². The number of anilines is 2. The molecule has 2 heterocycles. The van der Waals surface area contributed by atoms with Crippen LogP contribution in [0.3, 0.4) is 0 Å². The summed E-state index contributed by atoms with van der Waals surface area (Å²) in [4.78, 5) is 19.3. The molecule has 1 aromatic heterocycles. The van der Waals surface area contributed by atoms with Crippen LogP contribution in [0.25, 0.3) is 0 Å². The summed E-state index contributed by atoms with van der Waals surface area (Å²) in [6.07, 6.45) is -2.81. The molecule has 1 aromatic carbocycles. The van der Waals surface area contributed by atoms with Crippen molar-refractivity contribution in [1.82, 2.24) is 15.3 Å². The van der Waals surface area contributed by atoms with Crippen molar-refractivity contribution in [3.63, 3.8) is 0 Å². The highest BCUT2D eigenvalue weighted by Crippen LogP contribution is 2.31. The fourth-order valence-corrected chi connectivity index (χ4v) is 2.82. The Balaban J connectivity index is 1.79. The molecule has 0 spiro atoms. The number of ether oxygens (including phenoxy) is 1. The molecule has 0 bridgehead atoms. The molecular formula is C18H17F5N4O2. The van der Waals surface area contributed by atoms with Gasteiger partial charge in [0.15, 0.2) is 5.69 Å². The molecule has 0 saturated carbocycles. The van der Waals surface area contributed by atoms with Gasteiger partial charge in [-0.2, -0.15) is 13.2 Å². The van der Waals surface area contributed by atoms with E-state index in [-0.39, 0.29) is 18.2 Å². The minimum atomic E-state index is -4.94. The molecule has 11 heteroatoms. The molecule has 3 rings (SSSR count). The molecule has 2 N–H and O–H groups in total. The number of alkyl halides is 3. The Morgan fingerprint density at radius 3 is 2.59 bits per heavy atom. The summed E-state index contributed by atoms with van der Waals surface area (Å²) in [6.45, 7) is 1.29. The van der Waals surface area contributed by atoms with Gasteiger partial charge < -0.3 is 15.4 Å². The molecule has 1 aliphatic heterocycles. The number of aromatic nitrogens is 2. The average molecular weight is 416 g/mol. The van der Waals surface area contributed by atoms with Crippen LogP contribution < -0.4 is 10.6 Å². The van der Waals surface area contributed by atoms with Crippen LogP contribution in [0.5, 0.6) is 0 Å². The fraction of sp³-hybridized carbons (Fsp3) is 0.389. The molecule has 2 aromatic rings. The number of rotatable bonds is 5. The molecule has 0 unspecified atom stereocenters. The molecule has 0 atom stereocenters. The molecule has 29 heavy (non-hydrogen) atoms. The standard InChI is InChI=1S/C18H17F5N4O2/c19-11-1-2-14(13(20)7-11)26-17-25-9-12(15(27-17)18(21,22)23)16(28)24-8-10-3-5-29-6-4-10/h1-2,7,9-10H,3-6,8H2,(H,24,28)(H,25,26,27). The van der Waals surface area contributed by atoms with E-state index >= 15 is 0 Å². The van der Waals surface area contributed by atoms with Crippen LogP contribution in [-0.4, -0.2) is 35.6 Å². The number of halogens is 5. The largest absolute Gasteiger partial charge is 0.434 e. The fourth-order valence-electron chi connectivity index (χ4n) is 2.82. The maximum Gasteiger partial charge on any atom is 0.434 e. The van der Waals surface area contributed by atoms with E-state index in [4.69, 9.17) is 4.74 Å². The second-order valence-corrected chi connectivity index (χ2v) is 6.47. The van der Waals surface area contributed by atoms with Crippen LogP contribution in [0.2, 0.25) is 0 Å². The van der Waals surface area contributed by atoms with E-state index in [1.807, 2.05) is 0 Å². The number of hydrogen-bond acceptors (Lipinski definition) is 5. The second-order valence-electron chi connectivity index (χ2n) is 6.47. The lowest BCUT2D eigenvalue weighted by Gasteiger charge is -2.22. The van der Waals surface area contributed by atoms with Crippen molar-refractivity contribution < 1.29 is 31.5 Å². The quantitative estimate of drug-likeness (QED) is 0.728. The summed E-state index contributed by atoms with van der Waals surface area (Å²) in [5.41, 5.74) is -2.51. The molecule has 6 nitrogen and oxygen atoms in total. The Morgan fingerprint density at radius 2 is 1.93 bits per heavy atom. The number of amides is 1. The number of carbonyl (C=O) groups is 1. The Morgan fingerprint density at radius 1 is 1.21 bits per heavy atom. The van der Waals surface area contributed by atoms with Crippen LogP contribution in [0, 0.1) is 17.6 Å². The lowest BCUT2D eigenvalue weighted by molar-refractivity contribution is -0.141. The minimum absolute atomic E-state index is 0.116. The summed E-state index contributed by atoms with van der Waals surface area (Å²) in [6, 6.07) is 2.48. The predicted octanol–water partition coefficient (Wildman–Crippen LogP) is 3.67. The van der Waals surface area contributed by atoms with Crippen molar-refractivity contribution in [3.05, 3.63) is 47.3 Å². The Hall–Kier alpha value is -2.82. The number of hydrogen-bond donors (Lipinski definition) is 2. The SMILES string of the molecule is O=C(NCC1CCOCC1)c1cnc(Nc2ccc(F)cc2F)nc1C(F)(F)F. The summed E-state index contributed by atoms with van der Waals surface area (Å²) in [5.74, 6) is -3.29. The van der Waals surface area contributed by atoms with Gasteiger partial charge in [0, 0.05) is 32.0 Å². The third kappa shape index (κ3) is 5.37. The zero-order valence-corrected chi connectivity index (χ0v) is 15.0. The van der Waals surface area contributed by atoms with Crippen LogP contribution in [0.4, 0.5) is 33.6 Å². The molecule has 1 saturated heterocycles. The first kappa shape index (κ1) is 20.9. The van der Waals surface area contributed by atoms with Gasteiger partial charge in [-0.05, 0) is 30.9 Å². The van der Waals surface area contributed by atoms with E-state index in [9.17, 15) is 26.7 Å². The van der Waals surface area contributed by atoms with Gasteiger partial charge in [0.25, 0.3) is 5.91 Å². The maximum atomic E-state index is 13.7. The molecule has 1 amide bonds. The van der Waals surface area contributed by atoms with E-state index in [0.717, 1.165) is 18.3 Å². The van der Waals surface area contributed by atoms with Crippen molar-refractivity contribution in [2.24, 2.45) is 5.92 Å². The van der Waals surface area contributed by atoms with Gasteiger partial charge >= 0.3 is 6.18 Å². The zero-order valence-electron chi connectivity index (χ0n) is 15.0. The van der Waals surface area contributed by atoms with Crippen LogP contribution in [-0.2, 0) is 10.9 Å². The highest BCUT2D eigenvalue weighted by molar-refractivity contribution is 5.95. The van der Waals surface area contributed by atoms with Gasteiger partial charge in [-0.3, -0.25) is 4.79 Å². The number of nitrogens with zero attached hydrogens (tertiary/aromatic N) is 2. The third-order valence-corrected chi connectivity index (χ3v) is 4.37. The van der Waals surface area contributed by atoms with Crippen molar-refractivity contribution in [3.8, 4) is 0 Å². The average Bonchev–Trinajstić information content (AvgIpc) is 2.68. The van der Waals surface area contributed by atoms with Crippen LogP contribution in [0.1, 0.15) is 28.9 Å². The summed E-state index contributed by atoms with van der Waals surface area (Å²) < 4.78 is 72.1. The Bertz CT molecular complexity index is 885. The predicted molar refractivity (Wildman–Crippen MR) is 92.6 cm³/mol. The monoisotopic (exact) mass is 416 g/mol. The van der Waals surface area contributed by atoms with Gasteiger partial charge in [0.2, 0.25) is 5.95 Å². The smallest absolute Gasteiger partial charge is 0.381 e. The van der Waals surface area contributed by atoms with E-state index in [0.29, 0.717) is 32.1 Å². The first-order valence-electron chi connectivity index (χ1n) is 8.76. The van der Waals surface area contributed by atoms with Gasteiger partial charge in [-0.15, -0.1) is 0 Å². The second kappa shape index (κ2) is 8.68. The molecule has 0 radical (unpaired) electrons. The molecular weight excluding hydrogens is 399 g/mol. The van der Waals surface area contributed by atoms with Gasteiger partial charge in [-0.25, -0.2) is 18.7 Å². The van der Waals surface area contributed by atoms with Crippen molar-refractivity contribution >= 4 is 17.5 Å². The zero-order chi connectivity index (χ0) is 21.0. The van der Waals surface area contributed by atoms with E-state index in [1.54, 1.807) is 0 Å². The van der Waals surface area contributed by atoms with Gasteiger partial charge in [-0.1, -0.05) is 0 Å². The number of benzene rings is 1. The maximum absolute atomic E-state index is 13.7. The number of nitrogens with one attached hydrogen (secondary N) is 2. The number of carbonyl (C=O) groups excluding carboxylic acids is 1. The van der Waals surface area contributed by atoms with Crippen molar-refractivity contribution in [2.45, 2.75) is 19.0 Å². The van der Waals surface area contributed by atoms with Crippen LogP contribution in [0.15, 0.2) is 24.4 Å². The summed E-state index contributed by atoms with van der Waals surface area (Å²) in [5, 5.41) is 4.72. The first-order valence-corrected chi connectivity index (χ1v) is 8.76. The summed E-state index contributed by atoms with van der Waals surface area (Å²) in [7, 11) is 0.